The number of amides is 2. The third-order valence-corrected chi connectivity index (χ3v) is 6.31. The van der Waals surface area contributed by atoms with Crippen molar-refractivity contribution in [2.45, 2.75) is 37.0 Å². The van der Waals surface area contributed by atoms with Crippen molar-refractivity contribution in [1.29, 1.82) is 0 Å². The van der Waals surface area contributed by atoms with Crippen LogP contribution in [0.15, 0.2) is 43.0 Å². The Morgan fingerprint density at radius 1 is 1.11 bits per heavy atom. The molecular formula is C23H18F6N6O2. The minimum atomic E-state index is -4.65. The van der Waals surface area contributed by atoms with Crippen molar-refractivity contribution < 1.29 is 35.9 Å². The largest absolute Gasteiger partial charge is 0.433 e. The number of hydrogen-bond donors (Lipinski definition) is 1. The fourth-order valence-corrected chi connectivity index (χ4v) is 4.38. The molecule has 2 fully saturated rings. The molecule has 1 saturated heterocycles. The number of aromatic nitrogens is 4. The standard InChI is InChI=1S/C23H18F6N6O2/c1-11(24)21(37)34-9-14(10-34)35-19-15(20(36)32-13-6-22(25,26)7-13)4-5-30-18(19)17(33-35)12-2-3-16(31-8-12)23(27,28)29/h2-5,8,13-14H,1,6-7,9-10H2,(H,32,36). The fraction of sp³-hybridized carbons (Fsp3) is 0.348. The first-order valence-corrected chi connectivity index (χ1v) is 11.1. The Morgan fingerprint density at radius 3 is 2.38 bits per heavy atom. The van der Waals surface area contributed by atoms with Gasteiger partial charge in [-0.1, -0.05) is 6.58 Å². The van der Waals surface area contributed by atoms with Gasteiger partial charge in [0.05, 0.1) is 11.6 Å². The van der Waals surface area contributed by atoms with E-state index < -0.39 is 60.4 Å². The number of alkyl halides is 5. The average Bonchev–Trinajstić information content (AvgIpc) is 3.15. The van der Waals surface area contributed by atoms with Crippen LogP contribution in [0.1, 0.15) is 34.9 Å². The molecule has 4 heterocycles. The number of nitrogens with zero attached hydrogens (tertiary/aromatic N) is 5. The molecule has 3 aromatic rings. The number of nitrogens with one attached hydrogen (secondary N) is 1. The predicted octanol–water partition coefficient (Wildman–Crippen LogP) is 3.91. The summed E-state index contributed by atoms with van der Waals surface area (Å²) in [5.41, 5.74) is -0.390. The number of pyridine rings is 2. The van der Waals surface area contributed by atoms with E-state index in [1.165, 1.54) is 21.8 Å². The first-order chi connectivity index (χ1) is 17.3. The lowest BCUT2D eigenvalue weighted by molar-refractivity contribution is -0.141. The van der Waals surface area contributed by atoms with Crippen molar-refractivity contribution in [2.75, 3.05) is 13.1 Å². The maximum Gasteiger partial charge on any atom is 0.433 e. The van der Waals surface area contributed by atoms with E-state index in [2.05, 4.69) is 27.0 Å². The maximum atomic E-state index is 13.3. The van der Waals surface area contributed by atoms with Crippen LogP contribution in [0.4, 0.5) is 26.3 Å². The Labute approximate surface area is 205 Å². The van der Waals surface area contributed by atoms with Crippen molar-refractivity contribution >= 4 is 22.8 Å². The number of likely N-dealkylation sites (tertiary alicyclic amines) is 1. The molecule has 2 amide bonds. The molecule has 194 valence electrons. The zero-order valence-corrected chi connectivity index (χ0v) is 18.9. The molecule has 2 aliphatic rings. The smallest absolute Gasteiger partial charge is 0.349 e. The van der Waals surface area contributed by atoms with Crippen molar-refractivity contribution in [2.24, 2.45) is 0 Å². The summed E-state index contributed by atoms with van der Waals surface area (Å²) in [5, 5.41) is 7.02. The molecule has 5 rings (SSSR count). The van der Waals surface area contributed by atoms with Gasteiger partial charge < -0.3 is 10.2 Å². The Hall–Kier alpha value is -3.97. The van der Waals surface area contributed by atoms with Gasteiger partial charge in [0, 0.05) is 49.9 Å². The van der Waals surface area contributed by atoms with Crippen LogP contribution in [-0.4, -0.2) is 61.5 Å². The van der Waals surface area contributed by atoms with Gasteiger partial charge in [0.15, 0.2) is 5.83 Å². The summed E-state index contributed by atoms with van der Waals surface area (Å²) in [6.07, 6.45) is -3.37. The number of rotatable bonds is 5. The molecule has 14 heteroatoms. The number of halogens is 6. The van der Waals surface area contributed by atoms with Gasteiger partial charge in [0.2, 0.25) is 0 Å². The highest BCUT2D eigenvalue weighted by Crippen LogP contribution is 2.38. The van der Waals surface area contributed by atoms with Gasteiger partial charge in [0.25, 0.3) is 17.7 Å². The van der Waals surface area contributed by atoms with E-state index in [1.807, 2.05) is 0 Å². The summed E-state index contributed by atoms with van der Waals surface area (Å²) in [6, 6.07) is 2.06. The lowest BCUT2D eigenvalue weighted by Gasteiger charge is -2.39. The highest BCUT2D eigenvalue weighted by molar-refractivity contribution is 6.07. The molecule has 0 bridgehead atoms. The van der Waals surface area contributed by atoms with Crippen LogP contribution in [0.5, 0.6) is 0 Å². The molecule has 1 N–H and O–H groups in total. The molecule has 37 heavy (non-hydrogen) atoms. The SMILES string of the molecule is C=C(F)C(=O)N1CC(n2nc(-c3ccc(C(F)(F)F)nc3)c3nccc(C(=O)NC4CC(F)(F)C4)c32)C1. The Kier molecular flexibility index (Phi) is 5.72. The summed E-state index contributed by atoms with van der Waals surface area (Å²) in [5.74, 6) is -5.55. The van der Waals surface area contributed by atoms with E-state index >= 15 is 0 Å². The van der Waals surface area contributed by atoms with Gasteiger partial charge in [-0.25, -0.2) is 13.2 Å². The monoisotopic (exact) mass is 524 g/mol. The lowest BCUT2D eigenvalue weighted by Crippen LogP contribution is -2.51. The van der Waals surface area contributed by atoms with E-state index in [4.69, 9.17) is 0 Å². The van der Waals surface area contributed by atoms with Gasteiger partial charge in [0.1, 0.15) is 22.4 Å². The molecular weight excluding hydrogens is 506 g/mol. The zero-order valence-electron chi connectivity index (χ0n) is 18.9. The van der Waals surface area contributed by atoms with Crippen LogP contribution in [0.2, 0.25) is 0 Å². The van der Waals surface area contributed by atoms with Gasteiger partial charge in [-0.05, 0) is 18.2 Å². The van der Waals surface area contributed by atoms with E-state index in [-0.39, 0.29) is 40.9 Å². The molecule has 0 unspecified atom stereocenters. The second-order valence-electron chi connectivity index (χ2n) is 8.98. The molecule has 0 atom stereocenters. The molecule has 1 aliphatic carbocycles. The average molecular weight is 524 g/mol. The minimum absolute atomic E-state index is 0.0219. The fourth-order valence-electron chi connectivity index (χ4n) is 4.38. The quantitative estimate of drug-likeness (QED) is 0.404. The van der Waals surface area contributed by atoms with Crippen molar-refractivity contribution in [1.82, 2.24) is 30.0 Å². The lowest BCUT2D eigenvalue weighted by atomic mass is 9.88. The molecule has 1 saturated carbocycles. The van der Waals surface area contributed by atoms with E-state index in [0.29, 0.717) is 0 Å². The summed E-state index contributed by atoms with van der Waals surface area (Å²) in [4.78, 5) is 33.8. The summed E-state index contributed by atoms with van der Waals surface area (Å²) in [6.45, 7) is 3.02. The first kappa shape index (κ1) is 24.7. The normalized spacial score (nSPS) is 17.8. The van der Waals surface area contributed by atoms with Crippen LogP contribution in [0, 0.1) is 0 Å². The summed E-state index contributed by atoms with van der Waals surface area (Å²) < 4.78 is 80.1. The van der Waals surface area contributed by atoms with E-state index in [9.17, 15) is 35.9 Å². The van der Waals surface area contributed by atoms with Gasteiger partial charge in [-0.3, -0.25) is 24.2 Å². The van der Waals surface area contributed by atoms with Gasteiger partial charge >= 0.3 is 6.18 Å². The van der Waals surface area contributed by atoms with Crippen LogP contribution < -0.4 is 5.32 Å². The van der Waals surface area contributed by atoms with Crippen LogP contribution in [0.25, 0.3) is 22.3 Å². The Bertz CT molecular complexity index is 1400. The van der Waals surface area contributed by atoms with Gasteiger partial charge in [-0.15, -0.1) is 0 Å². The second-order valence-corrected chi connectivity index (χ2v) is 8.98. The summed E-state index contributed by atoms with van der Waals surface area (Å²) >= 11 is 0. The van der Waals surface area contributed by atoms with Crippen molar-refractivity contribution in [3.63, 3.8) is 0 Å². The van der Waals surface area contributed by atoms with Crippen LogP contribution in [-0.2, 0) is 11.0 Å². The van der Waals surface area contributed by atoms with Crippen LogP contribution >= 0.6 is 0 Å². The van der Waals surface area contributed by atoms with Crippen LogP contribution in [0.3, 0.4) is 0 Å². The molecule has 0 aromatic carbocycles. The van der Waals surface area contributed by atoms with Gasteiger partial charge in [-0.2, -0.15) is 18.3 Å². The van der Waals surface area contributed by atoms with Crippen molar-refractivity contribution in [3.8, 4) is 11.3 Å². The molecule has 3 aromatic heterocycles. The minimum Gasteiger partial charge on any atom is -0.349 e. The highest BCUT2D eigenvalue weighted by Gasteiger charge is 2.46. The number of carbonyl (C=O) groups is 2. The topological polar surface area (TPSA) is 93.0 Å². The third-order valence-electron chi connectivity index (χ3n) is 6.31. The zero-order chi connectivity index (χ0) is 26.7. The molecule has 1 aliphatic heterocycles. The second kappa shape index (κ2) is 8.56. The van der Waals surface area contributed by atoms with Crippen molar-refractivity contribution in [3.05, 3.63) is 54.3 Å². The summed E-state index contributed by atoms with van der Waals surface area (Å²) in [7, 11) is 0. The molecule has 0 radical (unpaired) electrons. The number of fused-ring (bicyclic) bond motifs is 1. The molecule has 0 spiro atoms. The highest BCUT2D eigenvalue weighted by atomic mass is 19.4. The molecule has 8 nitrogen and oxygen atoms in total. The predicted molar refractivity (Wildman–Crippen MR) is 117 cm³/mol. The Balaban J connectivity index is 1.54. The van der Waals surface area contributed by atoms with E-state index in [0.717, 1.165) is 18.3 Å². The number of carbonyl (C=O) groups excluding carboxylic acids is 2. The third kappa shape index (κ3) is 4.51. The Morgan fingerprint density at radius 2 is 1.81 bits per heavy atom. The van der Waals surface area contributed by atoms with E-state index in [1.54, 1.807) is 0 Å². The number of hydrogen-bond acceptors (Lipinski definition) is 5. The first-order valence-electron chi connectivity index (χ1n) is 11.1. The maximum absolute atomic E-state index is 13.3.